The molecule has 2 heteroatoms. The number of rotatable bonds is 3. The second-order valence-electron chi connectivity index (χ2n) is 2.55. The number of aryl methyl sites for hydroxylation is 1. The van der Waals surface area contributed by atoms with Crippen molar-refractivity contribution in [1.82, 2.24) is 0 Å². The third-order valence-corrected chi connectivity index (χ3v) is 3.60. The fraction of sp³-hybridized carbons (Fsp3) is 0.400. The monoisotopic (exact) mass is 244 g/mol. The molecule has 66 valence electrons. The Morgan fingerprint density at radius 1 is 1.33 bits per heavy atom. The van der Waals surface area contributed by atoms with Crippen LogP contribution in [-0.4, -0.2) is 5.75 Å². The van der Waals surface area contributed by atoms with Crippen molar-refractivity contribution in [3.05, 3.63) is 28.2 Å². The summed E-state index contributed by atoms with van der Waals surface area (Å²) in [5.41, 5.74) is 1.41. The van der Waals surface area contributed by atoms with E-state index in [0.717, 1.165) is 12.2 Å². The van der Waals surface area contributed by atoms with E-state index in [4.69, 9.17) is 0 Å². The molecule has 1 rings (SSSR count). The largest absolute Gasteiger partial charge is 0.125 e. The van der Waals surface area contributed by atoms with Gasteiger partial charge < -0.3 is 0 Å². The van der Waals surface area contributed by atoms with Crippen LogP contribution in [0.15, 0.2) is 27.6 Å². The van der Waals surface area contributed by atoms with E-state index >= 15 is 0 Å². The quantitative estimate of drug-likeness (QED) is 0.722. The molecule has 0 bridgehead atoms. The summed E-state index contributed by atoms with van der Waals surface area (Å²) in [5.74, 6) is 1.13. The van der Waals surface area contributed by atoms with Crippen molar-refractivity contribution in [2.45, 2.75) is 25.2 Å². The summed E-state index contributed by atoms with van der Waals surface area (Å²) in [6.07, 6.45) is 1.12. The molecule has 1 aromatic rings. The minimum absolute atomic E-state index is 1.12. The predicted molar refractivity (Wildman–Crippen MR) is 59.9 cm³/mol. The molecule has 12 heavy (non-hydrogen) atoms. The van der Waals surface area contributed by atoms with Crippen molar-refractivity contribution in [3.63, 3.8) is 0 Å². The Morgan fingerprint density at radius 3 is 2.67 bits per heavy atom. The fourth-order valence-electron chi connectivity index (χ4n) is 1.03. The van der Waals surface area contributed by atoms with Gasteiger partial charge in [-0.15, -0.1) is 11.8 Å². The molecule has 0 fully saturated rings. The summed E-state index contributed by atoms with van der Waals surface area (Å²) in [6, 6.07) is 6.57. The van der Waals surface area contributed by atoms with Crippen LogP contribution >= 0.6 is 27.7 Å². The van der Waals surface area contributed by atoms with Crippen LogP contribution in [0.5, 0.6) is 0 Å². The van der Waals surface area contributed by atoms with E-state index in [1.807, 2.05) is 11.8 Å². The molecule has 0 saturated carbocycles. The van der Waals surface area contributed by atoms with E-state index in [-0.39, 0.29) is 0 Å². The molecule has 0 saturated heterocycles. The highest BCUT2D eigenvalue weighted by atomic mass is 79.9. The maximum absolute atomic E-state index is 3.54. The lowest BCUT2D eigenvalue weighted by Crippen LogP contribution is -1.82. The van der Waals surface area contributed by atoms with E-state index < -0.39 is 0 Å². The Hall–Kier alpha value is 0.0500. The van der Waals surface area contributed by atoms with Crippen LogP contribution in [0.25, 0.3) is 0 Å². The molecule has 0 atom stereocenters. The van der Waals surface area contributed by atoms with Crippen molar-refractivity contribution >= 4 is 27.7 Å². The molecule has 0 heterocycles. The third-order valence-electron chi connectivity index (χ3n) is 1.70. The highest BCUT2D eigenvalue weighted by Crippen LogP contribution is 2.28. The first-order valence-corrected chi connectivity index (χ1v) is 5.97. The molecule has 1 aromatic carbocycles. The van der Waals surface area contributed by atoms with Crippen molar-refractivity contribution in [3.8, 4) is 0 Å². The lowest BCUT2D eigenvalue weighted by Gasteiger charge is -2.04. The summed E-state index contributed by atoms with van der Waals surface area (Å²) < 4.78 is 1.21. The smallest absolute Gasteiger partial charge is 0.0311 e. The van der Waals surface area contributed by atoms with Crippen LogP contribution in [-0.2, 0) is 6.42 Å². The Bertz CT molecular complexity index is 258. The van der Waals surface area contributed by atoms with Gasteiger partial charge in [-0.3, -0.25) is 0 Å². The van der Waals surface area contributed by atoms with Crippen LogP contribution in [0.3, 0.4) is 0 Å². The lowest BCUT2D eigenvalue weighted by atomic mass is 10.2. The molecule has 0 unspecified atom stereocenters. The van der Waals surface area contributed by atoms with E-state index in [0.29, 0.717) is 0 Å². The van der Waals surface area contributed by atoms with E-state index in [1.54, 1.807) is 0 Å². The van der Waals surface area contributed by atoms with Gasteiger partial charge >= 0.3 is 0 Å². The van der Waals surface area contributed by atoms with Crippen molar-refractivity contribution in [2.24, 2.45) is 0 Å². The first kappa shape index (κ1) is 10.1. The van der Waals surface area contributed by atoms with Gasteiger partial charge in [-0.25, -0.2) is 0 Å². The topological polar surface area (TPSA) is 0 Å². The first-order chi connectivity index (χ1) is 5.77. The minimum Gasteiger partial charge on any atom is -0.125 e. The van der Waals surface area contributed by atoms with Gasteiger partial charge in [0.25, 0.3) is 0 Å². The second kappa shape index (κ2) is 4.93. The summed E-state index contributed by atoms with van der Waals surface area (Å²) in [5, 5.41) is 0. The van der Waals surface area contributed by atoms with Gasteiger partial charge in [0.1, 0.15) is 0 Å². The first-order valence-electron chi connectivity index (χ1n) is 4.19. The van der Waals surface area contributed by atoms with Gasteiger partial charge in [-0.2, -0.15) is 0 Å². The molecule has 0 aliphatic carbocycles. The predicted octanol–water partition coefficient (Wildman–Crippen LogP) is 4.12. The van der Waals surface area contributed by atoms with Gasteiger partial charge in [-0.05, 0) is 45.8 Å². The summed E-state index contributed by atoms with van der Waals surface area (Å²) in [7, 11) is 0. The number of halogens is 1. The summed E-state index contributed by atoms with van der Waals surface area (Å²) in [4.78, 5) is 1.36. The van der Waals surface area contributed by atoms with Gasteiger partial charge in [0.15, 0.2) is 0 Å². The highest BCUT2D eigenvalue weighted by Gasteiger charge is 1.99. The zero-order valence-corrected chi connectivity index (χ0v) is 9.83. The fourth-order valence-corrected chi connectivity index (χ4v) is 2.38. The molecule has 0 nitrogen and oxygen atoms in total. The maximum Gasteiger partial charge on any atom is 0.0311 e. The van der Waals surface area contributed by atoms with Crippen LogP contribution in [0.4, 0.5) is 0 Å². The lowest BCUT2D eigenvalue weighted by molar-refractivity contribution is 1.12. The molecular weight excluding hydrogens is 232 g/mol. The molecule has 0 aliphatic heterocycles. The molecule has 0 spiro atoms. The zero-order valence-electron chi connectivity index (χ0n) is 7.43. The normalized spacial score (nSPS) is 10.2. The third kappa shape index (κ3) is 2.53. The molecule has 0 aliphatic rings. The maximum atomic E-state index is 3.54. The van der Waals surface area contributed by atoms with Crippen LogP contribution in [0.2, 0.25) is 0 Å². The summed E-state index contributed by atoms with van der Waals surface area (Å²) >= 11 is 5.42. The number of hydrogen-bond acceptors (Lipinski definition) is 1. The van der Waals surface area contributed by atoms with Crippen molar-refractivity contribution < 1.29 is 0 Å². The van der Waals surface area contributed by atoms with Gasteiger partial charge in [0, 0.05) is 9.37 Å². The van der Waals surface area contributed by atoms with Crippen LogP contribution in [0, 0.1) is 0 Å². The molecule has 0 amide bonds. The van der Waals surface area contributed by atoms with E-state index in [9.17, 15) is 0 Å². The Kier molecular flexibility index (Phi) is 4.16. The van der Waals surface area contributed by atoms with Crippen LogP contribution < -0.4 is 0 Å². The minimum atomic E-state index is 1.12. The molecule has 0 N–H and O–H groups in total. The average Bonchev–Trinajstić information content (AvgIpc) is 2.09. The molecule has 0 radical (unpaired) electrons. The molecule has 0 aromatic heterocycles. The van der Waals surface area contributed by atoms with Crippen LogP contribution in [0.1, 0.15) is 19.4 Å². The highest BCUT2D eigenvalue weighted by molar-refractivity contribution is 9.10. The Labute approximate surface area is 86.9 Å². The van der Waals surface area contributed by atoms with E-state index in [1.165, 1.54) is 14.9 Å². The van der Waals surface area contributed by atoms with Gasteiger partial charge in [0.2, 0.25) is 0 Å². The Morgan fingerprint density at radius 2 is 2.08 bits per heavy atom. The van der Waals surface area contributed by atoms with Crippen molar-refractivity contribution in [2.75, 3.05) is 5.75 Å². The molecular formula is C10H13BrS. The van der Waals surface area contributed by atoms with Crippen molar-refractivity contribution in [1.29, 1.82) is 0 Å². The second-order valence-corrected chi connectivity index (χ2v) is 4.71. The number of hydrogen-bond donors (Lipinski definition) is 0. The Balaban J connectivity index is 2.91. The van der Waals surface area contributed by atoms with E-state index in [2.05, 4.69) is 48.0 Å². The van der Waals surface area contributed by atoms with Gasteiger partial charge in [-0.1, -0.05) is 19.9 Å². The SMILES string of the molecule is CCSc1cc(CC)ccc1Br. The van der Waals surface area contributed by atoms with Gasteiger partial charge in [0.05, 0.1) is 0 Å². The standard InChI is InChI=1S/C10H13BrS/c1-3-8-5-6-9(11)10(7-8)12-4-2/h5-7H,3-4H2,1-2H3. The average molecular weight is 245 g/mol. The zero-order chi connectivity index (χ0) is 8.97. The number of benzene rings is 1. The summed E-state index contributed by atoms with van der Waals surface area (Å²) in [6.45, 7) is 4.36. The number of thioether (sulfide) groups is 1.